The Labute approximate surface area is 160 Å². The fourth-order valence-corrected chi connectivity index (χ4v) is 2.57. The van der Waals surface area contributed by atoms with Crippen molar-refractivity contribution < 1.29 is 14.0 Å². The number of nitrogens with one attached hydrogen (secondary N) is 2. The van der Waals surface area contributed by atoms with Gasteiger partial charge in [-0.15, -0.1) is 0 Å². The van der Waals surface area contributed by atoms with Crippen LogP contribution in [0.3, 0.4) is 0 Å². The van der Waals surface area contributed by atoms with E-state index in [4.69, 9.17) is 16.0 Å². The lowest BCUT2D eigenvalue weighted by Crippen LogP contribution is -2.24. The number of oxazole rings is 1. The van der Waals surface area contributed by atoms with Crippen LogP contribution in [0.15, 0.2) is 47.0 Å². The Balaban J connectivity index is 1.66. The molecule has 27 heavy (non-hydrogen) atoms. The van der Waals surface area contributed by atoms with Gasteiger partial charge in [0, 0.05) is 23.8 Å². The van der Waals surface area contributed by atoms with Crippen molar-refractivity contribution >= 4 is 23.4 Å². The smallest absolute Gasteiger partial charge is 0.269 e. The van der Waals surface area contributed by atoms with Crippen LogP contribution in [0.25, 0.3) is 11.3 Å². The minimum atomic E-state index is -0.338. The number of carbonyl (C=O) groups excluding carboxylic acids is 2. The Bertz CT molecular complexity index is 966. The molecule has 3 aromatic rings. The molecule has 0 fully saturated rings. The number of aryl methyl sites for hydroxylation is 1. The Morgan fingerprint density at radius 2 is 1.85 bits per heavy atom. The number of hydrogen-bond donors (Lipinski definition) is 2. The molecule has 8 heteroatoms. The van der Waals surface area contributed by atoms with Gasteiger partial charge in [-0.2, -0.15) is 0 Å². The van der Waals surface area contributed by atoms with Crippen LogP contribution >= 0.6 is 11.6 Å². The van der Waals surface area contributed by atoms with Crippen molar-refractivity contribution in [2.75, 3.05) is 7.05 Å². The molecule has 2 aromatic heterocycles. The number of halogens is 1. The van der Waals surface area contributed by atoms with Crippen LogP contribution < -0.4 is 10.6 Å². The summed E-state index contributed by atoms with van der Waals surface area (Å²) in [5.74, 6) is 0.370. The first-order valence-corrected chi connectivity index (χ1v) is 8.54. The fourth-order valence-electron chi connectivity index (χ4n) is 2.45. The van der Waals surface area contributed by atoms with Gasteiger partial charge in [-0.25, -0.2) is 4.98 Å². The minimum absolute atomic E-state index is 0.129. The largest absolute Gasteiger partial charge is 0.438 e. The number of benzene rings is 1. The lowest BCUT2D eigenvalue weighted by molar-refractivity contribution is 0.0938. The molecule has 3 rings (SSSR count). The Hall–Kier alpha value is -3.19. The molecule has 7 nitrogen and oxygen atoms in total. The van der Waals surface area contributed by atoms with Crippen LogP contribution in [0.4, 0.5) is 0 Å². The lowest BCUT2D eigenvalue weighted by Gasteiger charge is -2.04. The van der Waals surface area contributed by atoms with Crippen LogP contribution in [0.2, 0.25) is 5.02 Å². The van der Waals surface area contributed by atoms with Gasteiger partial charge in [0.05, 0.1) is 17.8 Å². The summed E-state index contributed by atoms with van der Waals surface area (Å²) in [7, 11) is 1.52. The number of amides is 2. The molecule has 0 aliphatic heterocycles. The van der Waals surface area contributed by atoms with E-state index in [1.807, 2.05) is 19.1 Å². The first-order valence-electron chi connectivity index (χ1n) is 8.16. The van der Waals surface area contributed by atoms with Gasteiger partial charge in [0.2, 0.25) is 5.89 Å². The van der Waals surface area contributed by atoms with Crippen molar-refractivity contribution in [2.45, 2.75) is 13.5 Å². The average Bonchev–Trinajstić information content (AvgIpc) is 3.06. The van der Waals surface area contributed by atoms with E-state index in [1.54, 1.807) is 12.1 Å². The van der Waals surface area contributed by atoms with Gasteiger partial charge >= 0.3 is 0 Å². The predicted molar refractivity (Wildman–Crippen MR) is 100 cm³/mol. The number of carbonyl (C=O) groups is 2. The number of aromatic nitrogens is 2. The van der Waals surface area contributed by atoms with Crippen LogP contribution in [0.1, 0.15) is 32.4 Å². The zero-order valence-corrected chi connectivity index (χ0v) is 15.5. The second-order valence-corrected chi connectivity index (χ2v) is 6.16. The zero-order valence-electron chi connectivity index (χ0n) is 14.7. The SMILES string of the molecule is CNC(=O)c1ccc(C(=O)NCc2nc(C)c(-c3ccc(Cl)cc3)o2)cn1. The van der Waals surface area contributed by atoms with Crippen molar-refractivity contribution in [1.29, 1.82) is 0 Å². The standard InChI is InChI=1S/C19H17ClN4O3/c1-11-17(12-3-6-14(20)7-4-12)27-16(24-11)10-23-18(25)13-5-8-15(22-9-13)19(26)21-2/h3-9H,10H2,1-2H3,(H,21,26)(H,23,25). The van der Waals surface area contributed by atoms with E-state index in [-0.39, 0.29) is 24.1 Å². The summed E-state index contributed by atoms with van der Waals surface area (Å²) in [4.78, 5) is 32.0. The molecule has 0 unspecified atom stereocenters. The normalized spacial score (nSPS) is 10.5. The average molecular weight is 385 g/mol. The van der Waals surface area contributed by atoms with Crippen LogP contribution in [-0.2, 0) is 6.54 Å². The van der Waals surface area contributed by atoms with E-state index in [9.17, 15) is 9.59 Å². The van der Waals surface area contributed by atoms with Gasteiger partial charge in [0.25, 0.3) is 11.8 Å². The highest BCUT2D eigenvalue weighted by Gasteiger charge is 2.14. The van der Waals surface area contributed by atoms with Crippen molar-refractivity contribution in [2.24, 2.45) is 0 Å². The molecule has 0 aliphatic rings. The van der Waals surface area contributed by atoms with E-state index < -0.39 is 0 Å². The topological polar surface area (TPSA) is 97.1 Å². The summed E-state index contributed by atoms with van der Waals surface area (Å²) in [6.45, 7) is 1.96. The maximum absolute atomic E-state index is 12.2. The van der Waals surface area contributed by atoms with Crippen molar-refractivity contribution in [3.63, 3.8) is 0 Å². The van der Waals surface area contributed by atoms with Gasteiger partial charge in [-0.05, 0) is 43.3 Å². The number of rotatable bonds is 5. The fraction of sp³-hybridized carbons (Fsp3) is 0.158. The second-order valence-electron chi connectivity index (χ2n) is 5.72. The number of pyridine rings is 1. The third kappa shape index (κ3) is 4.32. The molecule has 2 N–H and O–H groups in total. The van der Waals surface area contributed by atoms with Crippen LogP contribution in [0.5, 0.6) is 0 Å². The van der Waals surface area contributed by atoms with Gasteiger partial charge in [-0.3, -0.25) is 14.6 Å². The van der Waals surface area contributed by atoms with Gasteiger partial charge < -0.3 is 15.1 Å². The Kier molecular flexibility index (Phi) is 5.52. The van der Waals surface area contributed by atoms with Crippen LogP contribution in [-0.4, -0.2) is 28.8 Å². The Morgan fingerprint density at radius 3 is 2.48 bits per heavy atom. The molecular formula is C19H17ClN4O3. The molecule has 0 spiro atoms. The molecular weight excluding hydrogens is 368 g/mol. The molecule has 1 aromatic carbocycles. The number of hydrogen-bond acceptors (Lipinski definition) is 5. The molecule has 0 atom stereocenters. The first-order chi connectivity index (χ1) is 13.0. The third-order valence-electron chi connectivity index (χ3n) is 3.83. The summed E-state index contributed by atoms with van der Waals surface area (Å²) in [5, 5.41) is 5.83. The minimum Gasteiger partial charge on any atom is -0.438 e. The molecule has 0 aliphatic carbocycles. The zero-order chi connectivity index (χ0) is 19.4. The van der Waals surface area contributed by atoms with E-state index in [1.165, 1.54) is 25.4 Å². The lowest BCUT2D eigenvalue weighted by atomic mass is 10.1. The molecule has 0 bridgehead atoms. The monoisotopic (exact) mass is 384 g/mol. The van der Waals surface area contributed by atoms with E-state index in [0.29, 0.717) is 22.2 Å². The molecule has 2 amide bonds. The quantitative estimate of drug-likeness (QED) is 0.704. The third-order valence-corrected chi connectivity index (χ3v) is 4.08. The highest BCUT2D eigenvalue weighted by molar-refractivity contribution is 6.30. The highest BCUT2D eigenvalue weighted by atomic mass is 35.5. The molecule has 0 radical (unpaired) electrons. The van der Waals surface area contributed by atoms with E-state index in [2.05, 4.69) is 20.6 Å². The van der Waals surface area contributed by atoms with Gasteiger partial charge in [-0.1, -0.05) is 11.6 Å². The molecule has 0 saturated carbocycles. The summed E-state index contributed by atoms with van der Waals surface area (Å²) >= 11 is 5.90. The summed E-state index contributed by atoms with van der Waals surface area (Å²) < 4.78 is 5.75. The van der Waals surface area contributed by atoms with Crippen molar-refractivity contribution in [3.8, 4) is 11.3 Å². The Morgan fingerprint density at radius 1 is 1.11 bits per heavy atom. The summed E-state index contributed by atoms with van der Waals surface area (Å²) in [5.41, 5.74) is 2.16. The summed E-state index contributed by atoms with van der Waals surface area (Å²) in [6.07, 6.45) is 1.35. The molecule has 2 heterocycles. The number of nitrogens with zero attached hydrogens (tertiary/aromatic N) is 2. The maximum atomic E-state index is 12.2. The molecule has 138 valence electrons. The van der Waals surface area contributed by atoms with E-state index >= 15 is 0 Å². The summed E-state index contributed by atoms with van der Waals surface area (Å²) in [6, 6.07) is 10.3. The van der Waals surface area contributed by atoms with Crippen LogP contribution in [0, 0.1) is 6.92 Å². The first kappa shape index (κ1) is 18.6. The maximum Gasteiger partial charge on any atom is 0.269 e. The van der Waals surface area contributed by atoms with Crippen molar-refractivity contribution in [1.82, 2.24) is 20.6 Å². The van der Waals surface area contributed by atoms with Gasteiger partial charge in [0.15, 0.2) is 5.76 Å². The second kappa shape index (κ2) is 8.01. The van der Waals surface area contributed by atoms with Crippen molar-refractivity contribution in [3.05, 3.63) is 70.5 Å². The highest BCUT2D eigenvalue weighted by Crippen LogP contribution is 2.25. The van der Waals surface area contributed by atoms with E-state index in [0.717, 1.165) is 11.3 Å². The molecule has 0 saturated heterocycles. The predicted octanol–water partition coefficient (Wildman–Crippen LogP) is 2.99. The van der Waals surface area contributed by atoms with Gasteiger partial charge in [0.1, 0.15) is 5.69 Å².